The largest absolute Gasteiger partial charge is 0.229 e. The van der Waals surface area contributed by atoms with E-state index in [1.54, 1.807) is 0 Å². The van der Waals surface area contributed by atoms with Crippen molar-refractivity contribution in [3.63, 3.8) is 0 Å². The van der Waals surface area contributed by atoms with Crippen LogP contribution in [0.2, 0.25) is 0 Å². The van der Waals surface area contributed by atoms with Gasteiger partial charge in [0.1, 0.15) is 0 Å². The van der Waals surface area contributed by atoms with Gasteiger partial charge in [-0.15, -0.1) is 0 Å². The number of nitrogens with zero attached hydrogens (tertiary/aromatic N) is 3. The lowest BCUT2D eigenvalue weighted by Crippen LogP contribution is -2.53. The molecule has 0 radical (unpaired) electrons. The first-order valence-corrected chi connectivity index (χ1v) is 6.79. The van der Waals surface area contributed by atoms with E-state index in [0.29, 0.717) is 12.1 Å². The summed E-state index contributed by atoms with van der Waals surface area (Å²) in [6.07, 6.45) is 7.90. The fourth-order valence-electron chi connectivity index (χ4n) is 1.67. The normalized spacial score (nSPS) is 16.4. The second kappa shape index (κ2) is 8.67. The van der Waals surface area contributed by atoms with Gasteiger partial charge >= 0.3 is 0 Å². The van der Waals surface area contributed by atoms with E-state index < -0.39 is 0 Å². The molecule has 2 atom stereocenters. The summed E-state index contributed by atoms with van der Waals surface area (Å²) in [6.45, 7) is 8.92. The first-order valence-electron chi connectivity index (χ1n) is 6.79. The van der Waals surface area contributed by atoms with E-state index in [9.17, 15) is 0 Å². The predicted octanol–water partition coefficient (Wildman–Crippen LogP) is 3.16. The van der Waals surface area contributed by atoms with Crippen molar-refractivity contribution in [2.45, 2.75) is 59.0 Å². The molecule has 3 nitrogen and oxygen atoms in total. The highest BCUT2D eigenvalue weighted by molar-refractivity contribution is 4.83. The fourth-order valence-corrected chi connectivity index (χ4v) is 1.67. The van der Waals surface area contributed by atoms with Crippen molar-refractivity contribution < 1.29 is 0 Å². The minimum Gasteiger partial charge on any atom is -0.229 e. The summed E-state index contributed by atoms with van der Waals surface area (Å²) >= 11 is 0. The first-order chi connectivity index (χ1) is 7.95. The topological polar surface area (TPSA) is 9.72 Å². The summed E-state index contributed by atoms with van der Waals surface area (Å²) in [7, 11) is 6.44. The van der Waals surface area contributed by atoms with Crippen LogP contribution in [0, 0.1) is 0 Å². The average Bonchev–Trinajstić information content (AvgIpc) is 2.35. The summed E-state index contributed by atoms with van der Waals surface area (Å²) in [5, 5.41) is 6.81. The third-order valence-electron chi connectivity index (χ3n) is 3.66. The van der Waals surface area contributed by atoms with Crippen LogP contribution < -0.4 is 0 Å². The average molecular weight is 241 g/mol. The lowest BCUT2D eigenvalue weighted by molar-refractivity contribution is -0.173. The smallest absolute Gasteiger partial charge is 0.0262 e. The van der Waals surface area contributed by atoms with Gasteiger partial charge in [-0.2, -0.15) is 5.12 Å². The highest BCUT2D eigenvalue weighted by Crippen LogP contribution is 2.10. The van der Waals surface area contributed by atoms with Crippen molar-refractivity contribution >= 4 is 0 Å². The summed E-state index contributed by atoms with van der Waals surface area (Å²) in [4.78, 5) is 0. The molecule has 17 heavy (non-hydrogen) atoms. The van der Waals surface area contributed by atoms with Crippen molar-refractivity contribution in [1.29, 1.82) is 0 Å². The minimum atomic E-state index is 0.523. The molecular weight excluding hydrogens is 210 g/mol. The molecule has 0 saturated carbocycles. The monoisotopic (exact) mass is 241 g/mol. The zero-order chi connectivity index (χ0) is 13.4. The third kappa shape index (κ3) is 5.66. The van der Waals surface area contributed by atoms with E-state index in [0.717, 1.165) is 12.8 Å². The Hall–Kier alpha value is -0.380. The SMILES string of the molecule is CC/C=C/CC(C)N(C)N(C)N(C)C(C)CC. The number of hydrogen-bond donors (Lipinski definition) is 0. The standard InChI is InChI=1S/C14H31N3/c1-8-10-11-12-14(4)16(6)17(7)15(5)13(3)9-2/h10-11,13-14H,8-9,12H2,1-7H3/b11-10+. The number of hydrogen-bond acceptors (Lipinski definition) is 3. The third-order valence-corrected chi connectivity index (χ3v) is 3.66. The van der Waals surface area contributed by atoms with E-state index in [1.807, 2.05) is 0 Å². The first kappa shape index (κ1) is 16.6. The van der Waals surface area contributed by atoms with Crippen molar-refractivity contribution in [3.05, 3.63) is 12.2 Å². The molecule has 0 spiro atoms. The second-order valence-corrected chi connectivity index (χ2v) is 4.86. The molecule has 0 aromatic rings. The number of rotatable bonds is 8. The van der Waals surface area contributed by atoms with Crippen molar-refractivity contribution in [3.8, 4) is 0 Å². The summed E-state index contributed by atoms with van der Waals surface area (Å²) in [5.74, 6) is 0. The van der Waals surface area contributed by atoms with Crippen LogP contribution in [-0.4, -0.2) is 48.4 Å². The molecule has 0 aromatic heterocycles. The van der Waals surface area contributed by atoms with Crippen LogP contribution in [0.25, 0.3) is 0 Å². The summed E-state index contributed by atoms with van der Waals surface area (Å²) < 4.78 is 0. The fraction of sp³-hybridized carbons (Fsp3) is 0.857. The van der Waals surface area contributed by atoms with Gasteiger partial charge in [0.15, 0.2) is 0 Å². The molecule has 2 unspecified atom stereocenters. The van der Waals surface area contributed by atoms with Crippen LogP contribution in [0.5, 0.6) is 0 Å². The molecule has 0 bridgehead atoms. The van der Waals surface area contributed by atoms with Crippen molar-refractivity contribution in [2.24, 2.45) is 0 Å². The molecule has 0 aliphatic rings. The molecule has 0 aliphatic carbocycles. The molecule has 0 rings (SSSR count). The van der Waals surface area contributed by atoms with Gasteiger partial charge in [-0.25, -0.2) is 10.0 Å². The van der Waals surface area contributed by atoms with Gasteiger partial charge in [0, 0.05) is 33.2 Å². The van der Waals surface area contributed by atoms with Gasteiger partial charge in [-0.05, 0) is 33.1 Å². The molecule has 3 heteroatoms. The summed E-state index contributed by atoms with van der Waals surface area (Å²) in [6, 6.07) is 1.09. The molecule has 0 fully saturated rings. The molecule has 0 saturated heterocycles. The van der Waals surface area contributed by atoms with E-state index in [4.69, 9.17) is 0 Å². The maximum Gasteiger partial charge on any atom is 0.0262 e. The summed E-state index contributed by atoms with van der Waals surface area (Å²) in [5.41, 5.74) is 0. The second-order valence-electron chi connectivity index (χ2n) is 4.86. The Kier molecular flexibility index (Phi) is 8.48. The Bertz CT molecular complexity index is 216. The molecule has 0 heterocycles. The Morgan fingerprint density at radius 2 is 1.41 bits per heavy atom. The van der Waals surface area contributed by atoms with E-state index in [-0.39, 0.29) is 0 Å². The van der Waals surface area contributed by atoms with Gasteiger partial charge in [0.05, 0.1) is 0 Å². The van der Waals surface area contributed by atoms with Crippen LogP contribution in [0.3, 0.4) is 0 Å². The van der Waals surface area contributed by atoms with E-state index >= 15 is 0 Å². The molecule has 0 N–H and O–H groups in total. The molecule has 102 valence electrons. The Morgan fingerprint density at radius 1 is 0.882 bits per heavy atom. The van der Waals surface area contributed by atoms with Crippen LogP contribution in [0.4, 0.5) is 0 Å². The lowest BCUT2D eigenvalue weighted by atomic mass is 10.2. The van der Waals surface area contributed by atoms with Gasteiger partial charge in [-0.1, -0.05) is 26.0 Å². The van der Waals surface area contributed by atoms with Gasteiger partial charge < -0.3 is 0 Å². The van der Waals surface area contributed by atoms with Crippen LogP contribution in [-0.2, 0) is 0 Å². The predicted molar refractivity (Wildman–Crippen MR) is 76.6 cm³/mol. The van der Waals surface area contributed by atoms with Crippen molar-refractivity contribution in [1.82, 2.24) is 15.1 Å². The van der Waals surface area contributed by atoms with E-state index in [1.165, 1.54) is 6.42 Å². The maximum absolute atomic E-state index is 2.30. The highest BCUT2D eigenvalue weighted by atomic mass is 15.8. The number of hydrazine groups is 2. The minimum absolute atomic E-state index is 0.523. The Morgan fingerprint density at radius 3 is 1.88 bits per heavy atom. The lowest BCUT2D eigenvalue weighted by Gasteiger charge is -2.41. The Labute approximate surface area is 108 Å². The molecular formula is C14H31N3. The number of allylic oxidation sites excluding steroid dienone is 1. The molecule has 0 aliphatic heterocycles. The zero-order valence-corrected chi connectivity index (χ0v) is 12.8. The van der Waals surface area contributed by atoms with Crippen molar-refractivity contribution in [2.75, 3.05) is 21.1 Å². The molecule has 0 amide bonds. The molecule has 0 aromatic carbocycles. The van der Waals surface area contributed by atoms with Crippen LogP contribution >= 0.6 is 0 Å². The quantitative estimate of drug-likeness (QED) is 0.477. The maximum atomic E-state index is 2.30. The van der Waals surface area contributed by atoms with Gasteiger partial charge in [-0.3, -0.25) is 0 Å². The van der Waals surface area contributed by atoms with Gasteiger partial charge in [0.2, 0.25) is 0 Å². The van der Waals surface area contributed by atoms with E-state index in [2.05, 4.69) is 76.1 Å². The Balaban J connectivity index is 4.27. The van der Waals surface area contributed by atoms with Crippen LogP contribution in [0.1, 0.15) is 47.0 Å². The zero-order valence-electron chi connectivity index (χ0n) is 12.8. The van der Waals surface area contributed by atoms with Crippen LogP contribution in [0.15, 0.2) is 12.2 Å². The van der Waals surface area contributed by atoms with Gasteiger partial charge in [0.25, 0.3) is 0 Å². The highest BCUT2D eigenvalue weighted by Gasteiger charge is 2.19.